The number of anilines is 1. The lowest BCUT2D eigenvalue weighted by molar-refractivity contribution is -0.112. The van der Waals surface area contributed by atoms with E-state index in [4.69, 9.17) is 0 Å². The molecule has 0 bridgehead atoms. The van der Waals surface area contributed by atoms with E-state index in [0.717, 1.165) is 30.2 Å². The Kier molecular flexibility index (Phi) is 5.97. The van der Waals surface area contributed by atoms with Gasteiger partial charge in [-0.15, -0.1) is 0 Å². The van der Waals surface area contributed by atoms with Gasteiger partial charge in [0.2, 0.25) is 10.0 Å². The minimum atomic E-state index is -3.54. The van der Waals surface area contributed by atoms with E-state index in [-0.39, 0.29) is 16.4 Å². The van der Waals surface area contributed by atoms with Crippen LogP contribution in [0, 0.1) is 11.6 Å². The molecule has 4 nitrogen and oxygen atoms in total. The van der Waals surface area contributed by atoms with Crippen LogP contribution in [0.4, 0.5) is 14.5 Å². The monoisotopic (exact) mass is 383 g/mol. The van der Waals surface area contributed by atoms with E-state index in [2.05, 4.69) is 4.72 Å². The van der Waals surface area contributed by atoms with Crippen molar-refractivity contribution in [1.82, 2.24) is 0 Å². The summed E-state index contributed by atoms with van der Waals surface area (Å²) in [5.74, 6) is -1.59. The summed E-state index contributed by atoms with van der Waals surface area (Å²) < 4.78 is 52.3. The number of allylic oxidation sites excluding steroid dienone is 1. The molecule has 0 radical (unpaired) electrons. The summed E-state index contributed by atoms with van der Waals surface area (Å²) in [5.41, 5.74) is 0.899. The Morgan fingerprint density at radius 1 is 1.12 bits per heavy atom. The highest BCUT2D eigenvalue weighted by molar-refractivity contribution is 7.99. The molecule has 2 rings (SSSR count). The van der Waals surface area contributed by atoms with Crippen molar-refractivity contribution in [2.24, 2.45) is 0 Å². The Labute approximate surface area is 149 Å². The molecule has 25 heavy (non-hydrogen) atoms. The third kappa shape index (κ3) is 5.99. The first-order valence-corrected chi connectivity index (χ1v) is 9.78. The molecule has 0 heterocycles. The second-order valence-corrected chi connectivity index (χ2v) is 8.08. The maximum atomic E-state index is 13.9. The molecular formula is C17H15F2NO3S2. The minimum absolute atomic E-state index is 0.142. The lowest BCUT2D eigenvalue weighted by atomic mass is 10.2. The van der Waals surface area contributed by atoms with Crippen molar-refractivity contribution in [3.8, 4) is 0 Å². The molecule has 0 unspecified atom stereocenters. The first-order chi connectivity index (χ1) is 11.6. The number of carbonyl (C=O) groups is 1. The van der Waals surface area contributed by atoms with Crippen LogP contribution in [0.2, 0.25) is 0 Å². The summed E-state index contributed by atoms with van der Waals surface area (Å²) >= 11 is 0.951. The number of hydrogen-bond donors (Lipinski definition) is 1. The molecule has 0 aliphatic carbocycles. The van der Waals surface area contributed by atoms with Crippen molar-refractivity contribution in [2.75, 3.05) is 11.0 Å². The van der Waals surface area contributed by atoms with Crippen LogP contribution in [-0.4, -0.2) is 20.5 Å². The van der Waals surface area contributed by atoms with Gasteiger partial charge in [0.05, 0.1) is 11.9 Å². The molecule has 1 N–H and O–H groups in total. The van der Waals surface area contributed by atoms with Crippen LogP contribution < -0.4 is 4.72 Å². The van der Waals surface area contributed by atoms with Gasteiger partial charge < -0.3 is 0 Å². The maximum Gasteiger partial charge on any atom is 0.229 e. The molecule has 0 aromatic heterocycles. The molecule has 0 aliphatic heterocycles. The van der Waals surface area contributed by atoms with Crippen LogP contribution in [0.1, 0.15) is 12.5 Å². The van der Waals surface area contributed by atoms with Crippen molar-refractivity contribution in [3.05, 3.63) is 59.7 Å². The highest BCUT2D eigenvalue weighted by atomic mass is 32.2. The summed E-state index contributed by atoms with van der Waals surface area (Å²) in [4.78, 5) is 11.6. The SMILES string of the molecule is CC(=O)/C=C/c1ccc(NS(C)(=O)=O)c(Sc2ccc(F)cc2F)c1. The maximum absolute atomic E-state index is 13.9. The van der Waals surface area contributed by atoms with Crippen molar-refractivity contribution in [2.45, 2.75) is 16.7 Å². The Balaban J connectivity index is 2.45. The molecule has 0 amide bonds. The largest absolute Gasteiger partial charge is 0.295 e. The van der Waals surface area contributed by atoms with E-state index in [9.17, 15) is 22.0 Å². The van der Waals surface area contributed by atoms with E-state index < -0.39 is 21.7 Å². The van der Waals surface area contributed by atoms with Gasteiger partial charge in [0.1, 0.15) is 11.6 Å². The van der Waals surface area contributed by atoms with E-state index >= 15 is 0 Å². The molecule has 132 valence electrons. The fourth-order valence-corrected chi connectivity index (χ4v) is 3.50. The highest BCUT2D eigenvalue weighted by Gasteiger charge is 2.12. The Morgan fingerprint density at radius 2 is 1.84 bits per heavy atom. The van der Waals surface area contributed by atoms with Crippen LogP contribution in [0.5, 0.6) is 0 Å². The number of carbonyl (C=O) groups excluding carboxylic acids is 1. The fourth-order valence-electron chi connectivity index (χ4n) is 1.90. The highest BCUT2D eigenvalue weighted by Crippen LogP contribution is 2.36. The predicted octanol–water partition coefficient (Wildman–Crippen LogP) is 4.09. The zero-order valence-corrected chi connectivity index (χ0v) is 15.0. The third-order valence-corrected chi connectivity index (χ3v) is 4.62. The molecule has 0 atom stereocenters. The standard InChI is InChI=1S/C17H15F2NO3S2/c1-11(21)3-4-12-5-7-15(20-25(2,22)23)17(9-12)24-16-8-6-13(18)10-14(16)19/h3-10,20H,1-2H3/b4-3+. The molecule has 8 heteroatoms. The lowest BCUT2D eigenvalue weighted by Gasteiger charge is -2.12. The second kappa shape index (κ2) is 7.79. The van der Waals surface area contributed by atoms with Crippen molar-refractivity contribution in [1.29, 1.82) is 0 Å². The first kappa shape index (κ1) is 19.1. The molecule has 0 spiro atoms. The van der Waals surface area contributed by atoms with Crippen molar-refractivity contribution < 1.29 is 22.0 Å². The average molecular weight is 383 g/mol. The van der Waals surface area contributed by atoms with Gasteiger partial charge in [-0.2, -0.15) is 0 Å². The summed E-state index contributed by atoms with van der Waals surface area (Å²) in [6, 6.07) is 7.90. The molecule has 0 fully saturated rings. The van der Waals surface area contributed by atoms with E-state index in [1.807, 2.05) is 0 Å². The van der Waals surface area contributed by atoms with Gasteiger partial charge >= 0.3 is 0 Å². The number of hydrogen-bond acceptors (Lipinski definition) is 4. The van der Waals surface area contributed by atoms with Crippen molar-refractivity contribution >= 4 is 39.3 Å². The van der Waals surface area contributed by atoms with Crippen LogP contribution >= 0.6 is 11.8 Å². The van der Waals surface area contributed by atoms with Crippen LogP contribution in [-0.2, 0) is 14.8 Å². The normalized spacial score (nSPS) is 11.7. The first-order valence-electron chi connectivity index (χ1n) is 7.07. The smallest absolute Gasteiger partial charge is 0.229 e. The zero-order valence-electron chi connectivity index (χ0n) is 13.4. The van der Waals surface area contributed by atoms with Gasteiger partial charge in [-0.1, -0.05) is 23.9 Å². The molecule has 2 aromatic carbocycles. The van der Waals surface area contributed by atoms with Gasteiger partial charge in [-0.05, 0) is 42.8 Å². The van der Waals surface area contributed by atoms with Gasteiger partial charge in [-0.25, -0.2) is 17.2 Å². The summed E-state index contributed by atoms with van der Waals surface area (Å²) in [5, 5.41) is 0. The number of nitrogens with one attached hydrogen (secondary N) is 1. The Bertz CT molecular complexity index is 941. The topological polar surface area (TPSA) is 63.2 Å². The summed E-state index contributed by atoms with van der Waals surface area (Å²) in [6.45, 7) is 1.40. The molecule has 0 saturated heterocycles. The number of benzene rings is 2. The summed E-state index contributed by atoms with van der Waals surface area (Å²) in [7, 11) is -3.54. The number of sulfonamides is 1. The second-order valence-electron chi connectivity index (χ2n) is 5.25. The van der Waals surface area contributed by atoms with Crippen LogP contribution in [0.25, 0.3) is 6.08 Å². The fraction of sp³-hybridized carbons (Fsp3) is 0.118. The zero-order chi connectivity index (χ0) is 18.6. The van der Waals surface area contributed by atoms with E-state index in [0.29, 0.717) is 10.5 Å². The number of ketones is 1. The molecule has 2 aromatic rings. The predicted molar refractivity (Wildman–Crippen MR) is 95.1 cm³/mol. The summed E-state index contributed by atoms with van der Waals surface area (Å²) in [6.07, 6.45) is 3.94. The Morgan fingerprint density at radius 3 is 2.44 bits per heavy atom. The lowest BCUT2D eigenvalue weighted by Crippen LogP contribution is -2.10. The van der Waals surface area contributed by atoms with Crippen molar-refractivity contribution in [3.63, 3.8) is 0 Å². The Hall–Kier alpha value is -2.19. The molecule has 0 aliphatic rings. The van der Waals surface area contributed by atoms with Gasteiger partial charge in [0, 0.05) is 15.9 Å². The van der Waals surface area contributed by atoms with Gasteiger partial charge in [0.15, 0.2) is 5.78 Å². The van der Waals surface area contributed by atoms with E-state index in [1.165, 1.54) is 25.1 Å². The third-order valence-electron chi connectivity index (χ3n) is 2.93. The van der Waals surface area contributed by atoms with Gasteiger partial charge in [-0.3, -0.25) is 9.52 Å². The molecule has 0 saturated carbocycles. The van der Waals surface area contributed by atoms with Gasteiger partial charge in [0.25, 0.3) is 0 Å². The average Bonchev–Trinajstić information content (AvgIpc) is 2.48. The van der Waals surface area contributed by atoms with E-state index in [1.54, 1.807) is 18.2 Å². The quantitative estimate of drug-likeness (QED) is 0.763. The number of halogens is 2. The number of rotatable bonds is 6. The van der Waals surface area contributed by atoms with Crippen LogP contribution in [0.15, 0.2) is 52.3 Å². The van der Waals surface area contributed by atoms with Crippen LogP contribution in [0.3, 0.4) is 0 Å². The molecular weight excluding hydrogens is 368 g/mol. The minimum Gasteiger partial charge on any atom is -0.295 e.